The van der Waals surface area contributed by atoms with E-state index in [0.29, 0.717) is 41.5 Å². The number of hydrogen-bond acceptors (Lipinski definition) is 7. The summed E-state index contributed by atoms with van der Waals surface area (Å²) >= 11 is 0. The van der Waals surface area contributed by atoms with Crippen molar-refractivity contribution in [3.05, 3.63) is 111 Å². The molecule has 0 fully saturated rings. The Morgan fingerprint density at radius 3 is 2.47 bits per heavy atom. The minimum absolute atomic E-state index is 0.192. The Morgan fingerprint density at radius 2 is 1.68 bits per heavy atom. The molecule has 0 aliphatic carbocycles. The van der Waals surface area contributed by atoms with Crippen molar-refractivity contribution >= 4 is 10.9 Å². The van der Waals surface area contributed by atoms with Crippen LogP contribution in [0.1, 0.15) is 34.1 Å². The lowest BCUT2D eigenvalue weighted by atomic mass is 9.96. The van der Waals surface area contributed by atoms with Gasteiger partial charge < -0.3 is 14.5 Å². The number of nitrogens with zero attached hydrogens (tertiary/aromatic N) is 5. The fraction of sp³-hybridized carbons (Fsp3) is 0.241. The lowest BCUT2D eigenvalue weighted by Crippen LogP contribution is -2.38. The van der Waals surface area contributed by atoms with Gasteiger partial charge in [-0.05, 0) is 45.7 Å². The predicted molar refractivity (Wildman–Crippen MR) is 143 cm³/mol. The SMILES string of the molecule is COc1cc2cc(C(c3nnnn3Cc3ccccc3)N3CCc4ccccc4C3)c(=O)[nH]c2cc1OC. The van der Waals surface area contributed by atoms with E-state index in [4.69, 9.17) is 9.47 Å². The molecule has 3 aromatic carbocycles. The number of benzene rings is 3. The maximum absolute atomic E-state index is 13.6. The minimum Gasteiger partial charge on any atom is -0.493 e. The normalized spacial score (nSPS) is 14.3. The van der Waals surface area contributed by atoms with Gasteiger partial charge in [0, 0.05) is 30.1 Å². The standard InChI is InChI=1S/C29H28N6O3/c1-37-25-15-22-14-23(29(36)30-24(22)16-26(25)38-2)27(34-13-12-20-10-6-7-11-21(20)18-34)28-31-32-33-35(28)17-19-8-4-3-5-9-19/h3-11,14-16,27H,12-13,17-18H2,1-2H3,(H,30,36). The first-order valence-electron chi connectivity index (χ1n) is 12.5. The molecule has 1 unspecified atom stereocenters. The van der Waals surface area contributed by atoms with E-state index in [1.807, 2.05) is 42.5 Å². The molecule has 0 radical (unpaired) electrons. The van der Waals surface area contributed by atoms with Crippen molar-refractivity contribution in [3.8, 4) is 11.5 Å². The van der Waals surface area contributed by atoms with E-state index in [1.54, 1.807) is 25.0 Å². The topological polar surface area (TPSA) is 98.2 Å². The quantitative estimate of drug-likeness (QED) is 0.358. The van der Waals surface area contributed by atoms with Crippen LogP contribution in [0, 0.1) is 0 Å². The molecule has 1 aliphatic rings. The Labute approximate surface area is 219 Å². The van der Waals surface area contributed by atoms with Crippen molar-refractivity contribution < 1.29 is 9.47 Å². The molecular formula is C29H28N6O3. The molecular weight excluding hydrogens is 480 g/mol. The van der Waals surface area contributed by atoms with Gasteiger partial charge in [0.1, 0.15) is 6.04 Å². The number of H-pyrrole nitrogens is 1. The number of rotatable bonds is 7. The molecule has 5 aromatic rings. The zero-order valence-corrected chi connectivity index (χ0v) is 21.3. The van der Waals surface area contributed by atoms with E-state index in [-0.39, 0.29) is 5.56 Å². The van der Waals surface area contributed by atoms with Gasteiger partial charge in [-0.3, -0.25) is 9.69 Å². The molecule has 9 nitrogen and oxygen atoms in total. The second-order valence-corrected chi connectivity index (χ2v) is 9.42. The number of aromatic amines is 1. The number of ether oxygens (including phenoxy) is 2. The fourth-order valence-electron chi connectivity index (χ4n) is 5.27. The van der Waals surface area contributed by atoms with E-state index < -0.39 is 6.04 Å². The average molecular weight is 509 g/mol. The molecule has 9 heteroatoms. The molecule has 1 N–H and O–H groups in total. The summed E-state index contributed by atoms with van der Waals surface area (Å²) in [5.41, 5.74) is 4.71. The summed E-state index contributed by atoms with van der Waals surface area (Å²) in [5, 5.41) is 13.7. The number of methoxy groups -OCH3 is 2. The highest BCUT2D eigenvalue weighted by atomic mass is 16.5. The van der Waals surface area contributed by atoms with Crippen molar-refractivity contribution in [3.63, 3.8) is 0 Å². The van der Waals surface area contributed by atoms with Crippen LogP contribution < -0.4 is 15.0 Å². The molecule has 0 spiro atoms. The van der Waals surface area contributed by atoms with E-state index >= 15 is 0 Å². The van der Waals surface area contributed by atoms with Crippen LogP contribution in [0.5, 0.6) is 11.5 Å². The Balaban J connectivity index is 1.49. The largest absolute Gasteiger partial charge is 0.493 e. The molecule has 192 valence electrons. The summed E-state index contributed by atoms with van der Waals surface area (Å²) in [5.74, 6) is 1.77. The zero-order chi connectivity index (χ0) is 26.1. The lowest BCUT2D eigenvalue weighted by Gasteiger charge is -2.34. The Kier molecular flexibility index (Phi) is 6.35. The molecule has 0 bridgehead atoms. The van der Waals surface area contributed by atoms with Crippen LogP contribution in [0.4, 0.5) is 0 Å². The van der Waals surface area contributed by atoms with Gasteiger partial charge in [0.2, 0.25) is 0 Å². The summed E-state index contributed by atoms with van der Waals surface area (Å²) in [4.78, 5) is 19.0. The van der Waals surface area contributed by atoms with Crippen molar-refractivity contribution in [2.45, 2.75) is 25.6 Å². The number of fused-ring (bicyclic) bond motifs is 2. The summed E-state index contributed by atoms with van der Waals surface area (Å²) in [6, 6.07) is 23.6. The van der Waals surface area contributed by atoms with Crippen molar-refractivity contribution in [2.75, 3.05) is 20.8 Å². The van der Waals surface area contributed by atoms with Crippen LogP contribution in [-0.4, -0.2) is 50.9 Å². The van der Waals surface area contributed by atoms with Crippen LogP contribution in [0.2, 0.25) is 0 Å². The number of aromatic nitrogens is 5. The monoisotopic (exact) mass is 508 g/mol. The Bertz CT molecular complexity index is 1650. The maximum atomic E-state index is 13.6. The highest BCUT2D eigenvalue weighted by Gasteiger charge is 2.32. The number of hydrogen-bond donors (Lipinski definition) is 1. The highest BCUT2D eigenvalue weighted by molar-refractivity contribution is 5.83. The summed E-state index contributed by atoms with van der Waals surface area (Å²) < 4.78 is 12.8. The second kappa shape index (κ2) is 10.1. The van der Waals surface area contributed by atoms with Gasteiger partial charge in [-0.1, -0.05) is 54.6 Å². The van der Waals surface area contributed by atoms with E-state index in [0.717, 1.165) is 23.9 Å². The summed E-state index contributed by atoms with van der Waals surface area (Å²) in [6.45, 7) is 1.95. The third kappa shape index (κ3) is 4.41. The van der Waals surface area contributed by atoms with Crippen LogP contribution in [0.3, 0.4) is 0 Å². The van der Waals surface area contributed by atoms with Gasteiger partial charge in [-0.25, -0.2) is 4.68 Å². The van der Waals surface area contributed by atoms with Crippen molar-refractivity contribution in [2.24, 2.45) is 0 Å². The van der Waals surface area contributed by atoms with Gasteiger partial charge in [0.25, 0.3) is 5.56 Å². The number of tetrazole rings is 1. The molecule has 0 saturated carbocycles. The fourth-order valence-corrected chi connectivity index (χ4v) is 5.27. The molecule has 3 heterocycles. The van der Waals surface area contributed by atoms with Crippen LogP contribution >= 0.6 is 0 Å². The molecule has 38 heavy (non-hydrogen) atoms. The molecule has 0 saturated heterocycles. The molecule has 1 atom stereocenters. The average Bonchev–Trinajstić information content (AvgIpc) is 3.40. The minimum atomic E-state index is -0.455. The van der Waals surface area contributed by atoms with Gasteiger partial charge in [0.15, 0.2) is 17.3 Å². The lowest BCUT2D eigenvalue weighted by molar-refractivity contribution is 0.194. The molecule has 1 aliphatic heterocycles. The van der Waals surface area contributed by atoms with Crippen molar-refractivity contribution in [1.82, 2.24) is 30.1 Å². The Hall–Kier alpha value is -4.50. The first-order valence-corrected chi connectivity index (χ1v) is 12.5. The highest BCUT2D eigenvalue weighted by Crippen LogP contribution is 2.35. The third-order valence-corrected chi connectivity index (χ3v) is 7.18. The smallest absolute Gasteiger partial charge is 0.253 e. The Morgan fingerprint density at radius 1 is 0.947 bits per heavy atom. The van der Waals surface area contributed by atoms with Crippen LogP contribution in [-0.2, 0) is 19.5 Å². The van der Waals surface area contributed by atoms with Gasteiger partial charge in [-0.2, -0.15) is 0 Å². The number of nitrogens with one attached hydrogen (secondary N) is 1. The van der Waals surface area contributed by atoms with E-state index in [9.17, 15) is 4.79 Å². The van der Waals surface area contributed by atoms with E-state index in [2.05, 4.69) is 49.7 Å². The van der Waals surface area contributed by atoms with Gasteiger partial charge in [-0.15, -0.1) is 5.10 Å². The third-order valence-electron chi connectivity index (χ3n) is 7.18. The van der Waals surface area contributed by atoms with Gasteiger partial charge >= 0.3 is 0 Å². The summed E-state index contributed by atoms with van der Waals surface area (Å²) in [6.07, 6.45) is 0.878. The summed E-state index contributed by atoms with van der Waals surface area (Å²) in [7, 11) is 3.18. The first kappa shape index (κ1) is 23.9. The van der Waals surface area contributed by atoms with Crippen LogP contribution in [0.25, 0.3) is 10.9 Å². The van der Waals surface area contributed by atoms with E-state index in [1.165, 1.54) is 11.1 Å². The predicted octanol–water partition coefficient (Wildman–Crippen LogP) is 3.73. The first-order chi connectivity index (χ1) is 18.6. The second-order valence-electron chi connectivity index (χ2n) is 9.42. The molecule has 6 rings (SSSR count). The molecule has 0 amide bonds. The maximum Gasteiger partial charge on any atom is 0.253 e. The van der Waals surface area contributed by atoms with Crippen molar-refractivity contribution in [1.29, 1.82) is 0 Å². The van der Waals surface area contributed by atoms with Gasteiger partial charge in [0.05, 0.1) is 26.3 Å². The zero-order valence-electron chi connectivity index (χ0n) is 21.3. The number of pyridine rings is 1. The molecule has 2 aromatic heterocycles. The van der Waals surface area contributed by atoms with Crippen LogP contribution in [0.15, 0.2) is 77.6 Å².